The van der Waals surface area contributed by atoms with E-state index < -0.39 is 11.1 Å². The summed E-state index contributed by atoms with van der Waals surface area (Å²) in [6.07, 6.45) is -0.933. The van der Waals surface area contributed by atoms with Crippen LogP contribution in [-0.2, 0) is 0 Å². The highest BCUT2D eigenvalue weighted by Gasteiger charge is 2.13. The minimum atomic E-state index is -0.933. The number of non-ortho nitro benzene ring substituents is 1. The first kappa shape index (κ1) is 20.0. The van der Waals surface area contributed by atoms with Gasteiger partial charge in [0.2, 0.25) is 0 Å². The van der Waals surface area contributed by atoms with Crippen molar-refractivity contribution in [3.63, 3.8) is 0 Å². The average molecular weight is 400 g/mol. The van der Waals surface area contributed by atoms with Crippen LogP contribution in [0.15, 0.2) is 48.5 Å². The molecule has 0 atom stereocenters. The lowest BCUT2D eigenvalue weighted by Crippen LogP contribution is -3.08. The quantitative estimate of drug-likeness (QED) is 0.242. The van der Waals surface area contributed by atoms with Crippen molar-refractivity contribution < 1.29 is 24.1 Å². The monoisotopic (exact) mass is 399 g/mol. The smallest absolute Gasteiger partial charge is 0.395 e. The number of nitrogens with zero attached hydrogens (tertiary/aromatic N) is 1. The second-order valence-corrected chi connectivity index (χ2v) is 5.97. The third kappa shape index (κ3) is 5.87. The Hall–Kier alpha value is -2.35. The number of quaternary nitrogens is 1. The molecule has 9 heteroatoms. The Morgan fingerprint density at radius 3 is 1.81 bits per heavy atom. The molecule has 0 bridgehead atoms. The van der Waals surface area contributed by atoms with E-state index in [9.17, 15) is 14.9 Å². The fourth-order valence-corrected chi connectivity index (χ4v) is 2.71. The van der Waals surface area contributed by atoms with Gasteiger partial charge in [-0.3, -0.25) is 10.1 Å². The number of rotatable bonds is 8. The molecule has 0 aliphatic rings. The number of halogens is 2. The molecule has 1 N–H and O–H groups in total. The number of alkyl halides is 2. The van der Waals surface area contributed by atoms with Crippen LogP contribution in [0.4, 0.5) is 16.2 Å². The summed E-state index contributed by atoms with van der Waals surface area (Å²) < 4.78 is 10.1. The molecule has 0 aliphatic heterocycles. The molecule has 0 saturated carbocycles. The Balaban J connectivity index is 1.95. The molecule has 138 valence electrons. The third-order valence-electron chi connectivity index (χ3n) is 3.51. The van der Waals surface area contributed by atoms with Crippen molar-refractivity contribution in [1.82, 2.24) is 0 Å². The number of hydrogen-bond donors (Lipinski definition) is 1. The van der Waals surface area contributed by atoms with Gasteiger partial charge in [0.15, 0.2) is 0 Å². The number of hydrogen-bond acceptors (Lipinski definition) is 5. The summed E-state index contributed by atoms with van der Waals surface area (Å²) in [7, 11) is 0. The molecule has 0 amide bonds. The molecule has 26 heavy (non-hydrogen) atoms. The lowest BCUT2D eigenvalue weighted by atomic mass is 10.2. The van der Waals surface area contributed by atoms with Crippen LogP contribution in [0.3, 0.4) is 0 Å². The van der Waals surface area contributed by atoms with Crippen molar-refractivity contribution in [1.29, 1.82) is 0 Å². The average Bonchev–Trinajstić information content (AvgIpc) is 2.62. The maximum absolute atomic E-state index is 11.8. The van der Waals surface area contributed by atoms with Crippen LogP contribution in [-0.4, -0.2) is 35.9 Å². The molecule has 0 saturated heterocycles. The maximum Gasteiger partial charge on any atom is 0.519 e. The predicted molar refractivity (Wildman–Crippen MR) is 98.0 cm³/mol. The number of carbonyl (C=O) groups is 1. The summed E-state index contributed by atoms with van der Waals surface area (Å²) in [6.45, 7) is 1.47. The lowest BCUT2D eigenvalue weighted by molar-refractivity contribution is -0.827. The number of nitrogens with one attached hydrogen (secondary N) is 1. The van der Waals surface area contributed by atoms with Gasteiger partial charge in [0.25, 0.3) is 5.69 Å². The summed E-state index contributed by atoms with van der Waals surface area (Å²) in [4.78, 5) is 23.0. The summed E-state index contributed by atoms with van der Waals surface area (Å²) in [6, 6.07) is 12.1. The van der Waals surface area contributed by atoms with Gasteiger partial charge in [-0.1, -0.05) is 0 Å². The molecule has 0 fully saturated rings. The van der Waals surface area contributed by atoms with Crippen LogP contribution >= 0.6 is 23.2 Å². The van der Waals surface area contributed by atoms with E-state index in [-0.39, 0.29) is 11.4 Å². The van der Waals surface area contributed by atoms with E-state index in [0.29, 0.717) is 17.5 Å². The highest BCUT2D eigenvalue weighted by Crippen LogP contribution is 2.19. The van der Waals surface area contributed by atoms with E-state index >= 15 is 0 Å². The second kappa shape index (κ2) is 9.96. The van der Waals surface area contributed by atoms with Gasteiger partial charge in [-0.15, -0.1) is 23.2 Å². The summed E-state index contributed by atoms with van der Waals surface area (Å²) in [5, 5.41) is 10.6. The van der Waals surface area contributed by atoms with E-state index in [1.165, 1.54) is 24.3 Å². The molecule has 0 heterocycles. The van der Waals surface area contributed by atoms with Crippen molar-refractivity contribution >= 4 is 40.7 Å². The van der Waals surface area contributed by atoms with E-state index in [0.717, 1.165) is 23.7 Å². The van der Waals surface area contributed by atoms with Crippen molar-refractivity contribution in [2.75, 3.05) is 24.8 Å². The molecular formula is C17H17Cl2N2O5+. The van der Waals surface area contributed by atoms with Gasteiger partial charge in [-0.25, -0.2) is 4.79 Å². The Bertz CT molecular complexity index is 732. The zero-order valence-electron chi connectivity index (χ0n) is 13.7. The van der Waals surface area contributed by atoms with E-state index in [1.807, 2.05) is 12.1 Å². The van der Waals surface area contributed by atoms with E-state index in [1.54, 1.807) is 12.1 Å². The number of ether oxygens (including phenoxy) is 2. The topological polar surface area (TPSA) is 83.1 Å². The summed E-state index contributed by atoms with van der Waals surface area (Å²) in [5.74, 6) is 1.48. The SMILES string of the molecule is O=C(Oc1ccc([N+](=O)[O-])cc1)Oc1ccc([NH+](CCCl)CCCl)cc1. The minimum Gasteiger partial charge on any atom is -0.395 e. The van der Waals surface area contributed by atoms with Gasteiger partial charge < -0.3 is 14.4 Å². The predicted octanol–water partition coefficient (Wildman–Crippen LogP) is 3.17. The molecular weight excluding hydrogens is 383 g/mol. The highest BCUT2D eigenvalue weighted by molar-refractivity contribution is 6.18. The van der Waals surface area contributed by atoms with Gasteiger partial charge in [0.05, 0.1) is 29.8 Å². The summed E-state index contributed by atoms with van der Waals surface area (Å²) in [5.41, 5.74) is 0.893. The zero-order chi connectivity index (χ0) is 18.9. The zero-order valence-corrected chi connectivity index (χ0v) is 15.2. The van der Waals surface area contributed by atoms with Crippen LogP contribution in [0.25, 0.3) is 0 Å². The molecule has 0 aliphatic carbocycles. The first-order valence-corrected chi connectivity index (χ1v) is 8.81. The second-order valence-electron chi connectivity index (χ2n) is 5.21. The highest BCUT2D eigenvalue weighted by atomic mass is 35.5. The molecule has 0 radical (unpaired) electrons. The lowest BCUT2D eigenvalue weighted by Gasteiger charge is -2.16. The Morgan fingerprint density at radius 2 is 1.38 bits per heavy atom. The number of carbonyl (C=O) groups excluding carboxylic acids is 1. The van der Waals surface area contributed by atoms with Crippen molar-refractivity contribution in [2.45, 2.75) is 0 Å². The first-order valence-electron chi connectivity index (χ1n) is 7.74. The van der Waals surface area contributed by atoms with Gasteiger partial charge in [-0.05, 0) is 24.3 Å². The molecule has 7 nitrogen and oxygen atoms in total. The number of nitro groups is 1. The standard InChI is InChI=1S/C17H16Cl2N2O5/c18-9-11-20(12-10-19)13-1-5-15(6-2-13)25-17(22)26-16-7-3-14(4-8-16)21(23)24/h1-8H,9-12H2/p+1. The Morgan fingerprint density at radius 1 is 0.923 bits per heavy atom. The molecule has 0 unspecified atom stereocenters. The maximum atomic E-state index is 11.8. The van der Waals surface area contributed by atoms with Crippen LogP contribution < -0.4 is 14.4 Å². The molecule has 0 aromatic heterocycles. The van der Waals surface area contributed by atoms with Crippen molar-refractivity contribution in [3.05, 3.63) is 58.6 Å². The van der Waals surface area contributed by atoms with Gasteiger partial charge in [0, 0.05) is 24.3 Å². The number of nitro benzene ring substituents is 1. The molecule has 2 aromatic rings. The Labute approximate surface area is 160 Å². The van der Waals surface area contributed by atoms with E-state index in [4.69, 9.17) is 32.7 Å². The van der Waals surface area contributed by atoms with Crippen LogP contribution in [0.2, 0.25) is 0 Å². The van der Waals surface area contributed by atoms with Crippen molar-refractivity contribution in [3.8, 4) is 11.5 Å². The fraction of sp³-hybridized carbons (Fsp3) is 0.235. The Kier molecular flexibility index (Phi) is 7.65. The van der Waals surface area contributed by atoms with Gasteiger partial charge >= 0.3 is 6.16 Å². The molecule has 0 spiro atoms. The first-order chi connectivity index (χ1) is 12.5. The summed E-state index contributed by atoms with van der Waals surface area (Å²) >= 11 is 11.6. The normalized spacial score (nSPS) is 10.6. The van der Waals surface area contributed by atoms with Crippen LogP contribution in [0.5, 0.6) is 11.5 Å². The van der Waals surface area contributed by atoms with E-state index in [2.05, 4.69) is 0 Å². The minimum absolute atomic E-state index is 0.0951. The molecule has 2 rings (SSSR count). The van der Waals surface area contributed by atoms with Crippen molar-refractivity contribution in [2.24, 2.45) is 0 Å². The fourth-order valence-electron chi connectivity index (χ4n) is 2.25. The van der Waals surface area contributed by atoms with Crippen LogP contribution in [0.1, 0.15) is 0 Å². The van der Waals surface area contributed by atoms with Gasteiger partial charge in [0.1, 0.15) is 17.2 Å². The number of benzene rings is 2. The third-order valence-corrected chi connectivity index (χ3v) is 3.88. The van der Waals surface area contributed by atoms with Crippen LogP contribution in [0, 0.1) is 10.1 Å². The van der Waals surface area contributed by atoms with Gasteiger partial charge in [-0.2, -0.15) is 0 Å². The molecule has 2 aromatic carbocycles. The largest absolute Gasteiger partial charge is 0.519 e.